The van der Waals surface area contributed by atoms with Crippen molar-refractivity contribution in [1.29, 1.82) is 0 Å². The van der Waals surface area contributed by atoms with E-state index in [9.17, 15) is 9.59 Å². The molecule has 0 spiro atoms. The van der Waals surface area contributed by atoms with Gasteiger partial charge in [-0.25, -0.2) is 0 Å². The Bertz CT molecular complexity index is 656. The van der Waals surface area contributed by atoms with Gasteiger partial charge in [0.05, 0.1) is 0 Å². The first kappa shape index (κ1) is 15.6. The largest absolute Gasteiger partial charge is 0.481 e. The number of benzene rings is 2. The Morgan fingerprint density at radius 1 is 0.955 bits per heavy atom. The predicted octanol–water partition coefficient (Wildman–Crippen LogP) is 3.05. The third kappa shape index (κ3) is 4.63. The fraction of sp³-hybridized carbons (Fsp3) is 0.176. The Labute approximate surface area is 129 Å². The minimum atomic E-state index is -0.659. The average molecular weight is 298 g/mol. The summed E-state index contributed by atoms with van der Waals surface area (Å²) >= 11 is 0. The van der Waals surface area contributed by atoms with E-state index >= 15 is 0 Å². The quantitative estimate of drug-likeness (QED) is 0.891. The molecular formula is C17H18N2O3. The van der Waals surface area contributed by atoms with E-state index in [1.54, 1.807) is 31.2 Å². The highest BCUT2D eigenvalue weighted by Gasteiger charge is 2.15. The third-order valence-corrected chi connectivity index (χ3v) is 2.88. The average Bonchev–Trinajstić information content (AvgIpc) is 2.48. The van der Waals surface area contributed by atoms with Gasteiger partial charge in [0.1, 0.15) is 5.75 Å². The Morgan fingerprint density at radius 3 is 2.32 bits per heavy atom. The molecule has 0 unspecified atom stereocenters. The first-order valence-corrected chi connectivity index (χ1v) is 6.95. The lowest BCUT2D eigenvalue weighted by atomic mass is 10.2. The van der Waals surface area contributed by atoms with Gasteiger partial charge in [-0.1, -0.05) is 24.3 Å². The molecule has 0 heterocycles. The van der Waals surface area contributed by atoms with Crippen LogP contribution in [0.15, 0.2) is 54.6 Å². The number of carbonyl (C=O) groups excluding carboxylic acids is 2. The smallest absolute Gasteiger partial charge is 0.265 e. The summed E-state index contributed by atoms with van der Waals surface area (Å²) in [5.41, 5.74) is 1.34. The van der Waals surface area contributed by atoms with Crippen LogP contribution in [0.25, 0.3) is 0 Å². The van der Waals surface area contributed by atoms with Gasteiger partial charge in [0.15, 0.2) is 6.10 Å². The molecule has 5 nitrogen and oxygen atoms in total. The van der Waals surface area contributed by atoms with Crippen molar-refractivity contribution in [1.82, 2.24) is 0 Å². The van der Waals surface area contributed by atoms with E-state index in [1.165, 1.54) is 6.92 Å². The van der Waals surface area contributed by atoms with Crippen molar-refractivity contribution in [3.05, 3.63) is 54.6 Å². The summed E-state index contributed by atoms with van der Waals surface area (Å²) < 4.78 is 5.61. The lowest BCUT2D eigenvalue weighted by Crippen LogP contribution is -2.30. The number of amides is 2. The Balaban J connectivity index is 1.97. The molecule has 114 valence electrons. The number of hydrogen-bond donors (Lipinski definition) is 2. The summed E-state index contributed by atoms with van der Waals surface area (Å²) in [4.78, 5) is 23.1. The van der Waals surface area contributed by atoms with Gasteiger partial charge in [-0.05, 0) is 31.2 Å². The Kier molecular flexibility index (Phi) is 5.14. The molecule has 0 fully saturated rings. The fourth-order valence-corrected chi connectivity index (χ4v) is 1.87. The van der Waals surface area contributed by atoms with Gasteiger partial charge in [-0.15, -0.1) is 0 Å². The number of ether oxygens (including phenoxy) is 1. The molecule has 2 amide bonds. The van der Waals surface area contributed by atoms with Crippen LogP contribution < -0.4 is 15.4 Å². The summed E-state index contributed by atoms with van der Waals surface area (Å²) in [6.07, 6.45) is -0.659. The topological polar surface area (TPSA) is 67.4 Å². The SMILES string of the molecule is CC(=O)Nc1cccc(O[C@@H](C)C(=O)Nc2ccccc2)c1. The zero-order chi connectivity index (χ0) is 15.9. The van der Waals surface area contributed by atoms with E-state index in [2.05, 4.69) is 10.6 Å². The number of para-hydroxylation sites is 1. The van der Waals surface area contributed by atoms with Crippen LogP contribution in [0.3, 0.4) is 0 Å². The molecule has 0 bridgehead atoms. The molecule has 2 aromatic rings. The molecule has 0 radical (unpaired) electrons. The summed E-state index contributed by atoms with van der Waals surface area (Å²) in [7, 11) is 0. The van der Waals surface area contributed by atoms with Crippen LogP contribution >= 0.6 is 0 Å². The van der Waals surface area contributed by atoms with Crippen molar-refractivity contribution < 1.29 is 14.3 Å². The second kappa shape index (κ2) is 7.26. The second-order valence-corrected chi connectivity index (χ2v) is 4.82. The van der Waals surface area contributed by atoms with Gasteiger partial charge in [-0.2, -0.15) is 0 Å². The van der Waals surface area contributed by atoms with Crippen molar-refractivity contribution in [2.45, 2.75) is 20.0 Å². The van der Waals surface area contributed by atoms with Crippen LogP contribution in [-0.4, -0.2) is 17.9 Å². The van der Waals surface area contributed by atoms with Crippen LogP contribution in [0.5, 0.6) is 5.75 Å². The molecule has 0 aliphatic rings. The van der Waals surface area contributed by atoms with Crippen molar-refractivity contribution in [2.24, 2.45) is 0 Å². The van der Waals surface area contributed by atoms with E-state index in [4.69, 9.17) is 4.74 Å². The lowest BCUT2D eigenvalue weighted by Gasteiger charge is -2.15. The van der Waals surface area contributed by atoms with Crippen LogP contribution in [0.1, 0.15) is 13.8 Å². The Morgan fingerprint density at radius 2 is 1.64 bits per heavy atom. The number of carbonyl (C=O) groups is 2. The summed E-state index contributed by atoms with van der Waals surface area (Å²) in [5.74, 6) is 0.116. The van der Waals surface area contributed by atoms with Gasteiger partial charge >= 0.3 is 0 Å². The fourth-order valence-electron chi connectivity index (χ4n) is 1.87. The molecular weight excluding hydrogens is 280 g/mol. The Hall–Kier alpha value is -2.82. The molecule has 2 rings (SSSR count). The van der Waals surface area contributed by atoms with Gasteiger partial charge in [0.2, 0.25) is 5.91 Å². The minimum Gasteiger partial charge on any atom is -0.481 e. The van der Waals surface area contributed by atoms with Crippen molar-refractivity contribution in [3.63, 3.8) is 0 Å². The van der Waals surface area contributed by atoms with E-state index < -0.39 is 6.10 Å². The molecule has 2 N–H and O–H groups in total. The molecule has 5 heteroatoms. The van der Waals surface area contributed by atoms with Gasteiger partial charge in [-0.3, -0.25) is 9.59 Å². The van der Waals surface area contributed by atoms with E-state index in [-0.39, 0.29) is 11.8 Å². The van der Waals surface area contributed by atoms with Crippen molar-refractivity contribution >= 4 is 23.2 Å². The molecule has 0 aromatic heterocycles. The summed E-state index contributed by atoms with van der Waals surface area (Å²) in [5, 5.41) is 5.44. The second-order valence-electron chi connectivity index (χ2n) is 4.82. The highest BCUT2D eigenvalue weighted by molar-refractivity contribution is 5.94. The zero-order valence-corrected chi connectivity index (χ0v) is 12.5. The summed E-state index contributed by atoms with van der Waals surface area (Å²) in [6.45, 7) is 3.10. The number of anilines is 2. The number of hydrogen-bond acceptors (Lipinski definition) is 3. The molecule has 22 heavy (non-hydrogen) atoms. The van der Waals surface area contributed by atoms with Crippen molar-refractivity contribution in [3.8, 4) is 5.75 Å². The molecule has 1 atom stereocenters. The van der Waals surface area contributed by atoms with Crippen LogP contribution in [0.2, 0.25) is 0 Å². The molecule has 0 saturated heterocycles. The standard InChI is InChI=1S/C17H18N2O3/c1-12(17(21)19-14-7-4-3-5-8-14)22-16-10-6-9-15(11-16)18-13(2)20/h3-12H,1-2H3,(H,18,20)(H,19,21)/t12-/m0/s1. The van der Waals surface area contributed by atoms with E-state index in [0.29, 0.717) is 11.4 Å². The van der Waals surface area contributed by atoms with E-state index in [1.807, 2.05) is 30.3 Å². The van der Waals surface area contributed by atoms with Crippen molar-refractivity contribution in [2.75, 3.05) is 10.6 Å². The molecule has 0 saturated carbocycles. The molecule has 0 aliphatic heterocycles. The van der Waals surface area contributed by atoms with Gasteiger partial charge < -0.3 is 15.4 Å². The third-order valence-electron chi connectivity index (χ3n) is 2.88. The lowest BCUT2D eigenvalue weighted by molar-refractivity contribution is -0.122. The molecule has 2 aromatic carbocycles. The number of rotatable bonds is 5. The first-order chi connectivity index (χ1) is 10.5. The highest BCUT2D eigenvalue weighted by Crippen LogP contribution is 2.19. The van der Waals surface area contributed by atoms with Crippen LogP contribution in [0.4, 0.5) is 11.4 Å². The summed E-state index contributed by atoms with van der Waals surface area (Å²) in [6, 6.07) is 16.1. The van der Waals surface area contributed by atoms with E-state index in [0.717, 1.165) is 5.69 Å². The maximum Gasteiger partial charge on any atom is 0.265 e. The maximum absolute atomic E-state index is 12.1. The zero-order valence-electron chi connectivity index (χ0n) is 12.5. The highest BCUT2D eigenvalue weighted by atomic mass is 16.5. The van der Waals surface area contributed by atoms with Gasteiger partial charge in [0.25, 0.3) is 5.91 Å². The van der Waals surface area contributed by atoms with Crippen LogP contribution in [0, 0.1) is 0 Å². The number of nitrogens with one attached hydrogen (secondary N) is 2. The predicted molar refractivity (Wildman–Crippen MR) is 85.9 cm³/mol. The maximum atomic E-state index is 12.1. The monoisotopic (exact) mass is 298 g/mol. The minimum absolute atomic E-state index is 0.160. The van der Waals surface area contributed by atoms with Crippen LogP contribution in [-0.2, 0) is 9.59 Å². The van der Waals surface area contributed by atoms with Gasteiger partial charge in [0, 0.05) is 24.4 Å². The normalized spacial score (nSPS) is 11.4. The first-order valence-electron chi connectivity index (χ1n) is 6.95. The molecule has 0 aliphatic carbocycles.